The first-order valence-electron chi connectivity index (χ1n) is 6.98. The molecule has 3 heteroatoms. The summed E-state index contributed by atoms with van der Waals surface area (Å²) in [6.45, 7) is 2.81. The number of ether oxygens (including phenoxy) is 1. The molecule has 0 radical (unpaired) electrons. The molecule has 1 aliphatic rings. The fourth-order valence-electron chi connectivity index (χ4n) is 2.71. The quantitative estimate of drug-likeness (QED) is 0.896. The van der Waals surface area contributed by atoms with Gasteiger partial charge in [0, 0.05) is 17.7 Å². The van der Waals surface area contributed by atoms with Crippen LogP contribution in [-0.2, 0) is 6.42 Å². The molecule has 0 amide bonds. The molecule has 1 aliphatic heterocycles. The first-order chi connectivity index (χ1) is 9.72. The summed E-state index contributed by atoms with van der Waals surface area (Å²) >= 11 is 0. The molecule has 0 bridgehead atoms. The zero-order valence-corrected chi connectivity index (χ0v) is 11.5. The highest BCUT2D eigenvalue weighted by molar-refractivity contribution is 5.44. The van der Waals surface area contributed by atoms with Crippen molar-refractivity contribution in [3.63, 3.8) is 0 Å². The third-order valence-corrected chi connectivity index (χ3v) is 3.65. The molecule has 20 heavy (non-hydrogen) atoms. The summed E-state index contributed by atoms with van der Waals surface area (Å²) in [5, 5.41) is 13.1. The van der Waals surface area contributed by atoms with Gasteiger partial charge in [0.1, 0.15) is 18.1 Å². The first kappa shape index (κ1) is 13.0. The van der Waals surface area contributed by atoms with E-state index in [4.69, 9.17) is 4.74 Å². The van der Waals surface area contributed by atoms with Crippen LogP contribution in [-0.4, -0.2) is 17.8 Å². The highest BCUT2D eigenvalue weighted by Gasteiger charge is 2.25. The van der Waals surface area contributed by atoms with Gasteiger partial charge >= 0.3 is 0 Å². The molecule has 0 saturated heterocycles. The normalized spacial score (nSPS) is 18.4. The number of aromatic hydroxyl groups is 1. The Morgan fingerprint density at radius 2 is 2.05 bits per heavy atom. The molecule has 0 spiro atoms. The van der Waals surface area contributed by atoms with Crippen LogP contribution in [0, 0.1) is 0 Å². The lowest BCUT2D eigenvalue weighted by Crippen LogP contribution is -2.33. The Bertz CT molecular complexity index is 583. The van der Waals surface area contributed by atoms with Crippen molar-refractivity contribution in [2.75, 3.05) is 6.61 Å². The van der Waals surface area contributed by atoms with Crippen molar-refractivity contribution in [1.29, 1.82) is 0 Å². The maximum atomic E-state index is 9.46. The lowest BCUT2D eigenvalue weighted by Gasteiger charge is -2.19. The van der Waals surface area contributed by atoms with Gasteiger partial charge in [-0.15, -0.1) is 0 Å². The van der Waals surface area contributed by atoms with Crippen molar-refractivity contribution in [1.82, 2.24) is 5.32 Å². The van der Waals surface area contributed by atoms with Crippen molar-refractivity contribution < 1.29 is 9.84 Å². The number of benzene rings is 2. The second kappa shape index (κ2) is 5.55. The van der Waals surface area contributed by atoms with Gasteiger partial charge < -0.3 is 15.2 Å². The number of fused-ring (bicyclic) bond motifs is 1. The molecule has 3 nitrogen and oxygen atoms in total. The summed E-state index contributed by atoms with van der Waals surface area (Å²) in [6, 6.07) is 16.4. The number of phenolic OH excluding ortho intramolecular Hbond substituents is 1. The van der Waals surface area contributed by atoms with E-state index in [9.17, 15) is 5.11 Å². The van der Waals surface area contributed by atoms with Gasteiger partial charge in [0.05, 0.1) is 6.04 Å². The molecule has 1 heterocycles. The predicted molar refractivity (Wildman–Crippen MR) is 79.1 cm³/mol. The Labute approximate surface area is 119 Å². The smallest absolute Gasteiger partial charge is 0.127 e. The summed E-state index contributed by atoms with van der Waals surface area (Å²) < 4.78 is 5.62. The van der Waals surface area contributed by atoms with Gasteiger partial charge in [-0.2, -0.15) is 0 Å². The average Bonchev–Trinajstić information content (AvgIpc) is 2.82. The molecule has 2 aromatic rings. The van der Waals surface area contributed by atoms with Crippen LogP contribution in [0.2, 0.25) is 0 Å². The lowest BCUT2D eigenvalue weighted by atomic mass is 10.0. The van der Waals surface area contributed by atoms with E-state index in [-0.39, 0.29) is 11.8 Å². The third kappa shape index (κ3) is 2.78. The van der Waals surface area contributed by atoms with Crippen molar-refractivity contribution >= 4 is 0 Å². The van der Waals surface area contributed by atoms with Crippen molar-refractivity contribution in [2.24, 2.45) is 0 Å². The molecule has 3 rings (SSSR count). The maximum Gasteiger partial charge on any atom is 0.127 e. The van der Waals surface area contributed by atoms with Gasteiger partial charge in [-0.25, -0.2) is 0 Å². The second-order valence-electron chi connectivity index (χ2n) is 5.34. The minimum absolute atomic E-state index is 0.198. The summed E-state index contributed by atoms with van der Waals surface area (Å²) in [7, 11) is 0. The molecule has 0 aliphatic carbocycles. The standard InChI is InChI=1S/C17H19NO2/c1-12(9-13-5-3-2-4-6-13)18-16-11-20-17-10-14(19)7-8-15(16)17/h2-8,10,12,16,18-19H,9,11H2,1H3. The minimum Gasteiger partial charge on any atom is -0.508 e. The molecule has 2 aromatic carbocycles. The fourth-order valence-corrected chi connectivity index (χ4v) is 2.71. The Morgan fingerprint density at radius 1 is 1.25 bits per heavy atom. The monoisotopic (exact) mass is 269 g/mol. The minimum atomic E-state index is 0.198. The molecule has 104 valence electrons. The average molecular weight is 269 g/mol. The highest BCUT2D eigenvalue weighted by Crippen LogP contribution is 2.35. The van der Waals surface area contributed by atoms with Crippen molar-refractivity contribution in [2.45, 2.75) is 25.4 Å². The van der Waals surface area contributed by atoms with Crippen LogP contribution in [0.15, 0.2) is 48.5 Å². The molecule has 2 unspecified atom stereocenters. The van der Waals surface area contributed by atoms with E-state index in [0.717, 1.165) is 17.7 Å². The number of rotatable bonds is 4. The fraction of sp³-hybridized carbons (Fsp3) is 0.294. The molecule has 0 saturated carbocycles. The van der Waals surface area contributed by atoms with Crippen LogP contribution in [0.25, 0.3) is 0 Å². The van der Waals surface area contributed by atoms with Gasteiger partial charge in [0.2, 0.25) is 0 Å². The molecule has 2 atom stereocenters. The van der Waals surface area contributed by atoms with Gasteiger partial charge in [-0.3, -0.25) is 0 Å². The lowest BCUT2D eigenvalue weighted by molar-refractivity contribution is 0.299. The van der Waals surface area contributed by atoms with Crippen molar-refractivity contribution in [3.05, 3.63) is 59.7 Å². The maximum absolute atomic E-state index is 9.46. The van der Waals surface area contributed by atoms with E-state index in [2.05, 4.69) is 36.5 Å². The van der Waals surface area contributed by atoms with Crippen LogP contribution in [0.5, 0.6) is 11.5 Å². The van der Waals surface area contributed by atoms with Crippen LogP contribution in [0.3, 0.4) is 0 Å². The number of hydrogen-bond acceptors (Lipinski definition) is 3. The predicted octanol–water partition coefficient (Wildman–Crippen LogP) is 3.05. The molecule has 0 fully saturated rings. The third-order valence-electron chi connectivity index (χ3n) is 3.65. The zero-order valence-electron chi connectivity index (χ0n) is 11.5. The Balaban J connectivity index is 1.65. The number of hydrogen-bond donors (Lipinski definition) is 2. The highest BCUT2D eigenvalue weighted by atomic mass is 16.5. The van der Waals surface area contributed by atoms with Crippen LogP contribution in [0.4, 0.5) is 0 Å². The van der Waals surface area contributed by atoms with Gasteiger partial charge in [-0.05, 0) is 31.0 Å². The van der Waals surface area contributed by atoms with Gasteiger partial charge in [0.25, 0.3) is 0 Å². The van der Waals surface area contributed by atoms with E-state index in [0.29, 0.717) is 12.6 Å². The first-order valence-corrected chi connectivity index (χ1v) is 6.98. The molecule has 0 aromatic heterocycles. The van der Waals surface area contributed by atoms with E-state index in [1.807, 2.05) is 12.1 Å². The Kier molecular flexibility index (Phi) is 3.61. The molecular formula is C17H19NO2. The Hall–Kier alpha value is -2.00. The zero-order chi connectivity index (χ0) is 13.9. The Morgan fingerprint density at radius 3 is 2.85 bits per heavy atom. The number of nitrogens with one attached hydrogen (secondary N) is 1. The topological polar surface area (TPSA) is 41.5 Å². The molecule has 2 N–H and O–H groups in total. The van der Waals surface area contributed by atoms with E-state index in [1.165, 1.54) is 5.56 Å². The summed E-state index contributed by atoms with van der Waals surface area (Å²) in [5.74, 6) is 1.04. The largest absolute Gasteiger partial charge is 0.508 e. The number of phenols is 1. The van der Waals surface area contributed by atoms with Crippen molar-refractivity contribution in [3.8, 4) is 11.5 Å². The summed E-state index contributed by atoms with van der Waals surface area (Å²) in [4.78, 5) is 0. The van der Waals surface area contributed by atoms with E-state index >= 15 is 0 Å². The summed E-state index contributed by atoms with van der Waals surface area (Å²) in [5.41, 5.74) is 2.46. The molecular weight excluding hydrogens is 250 g/mol. The van der Waals surface area contributed by atoms with Gasteiger partial charge in [-0.1, -0.05) is 30.3 Å². The van der Waals surface area contributed by atoms with Crippen LogP contribution >= 0.6 is 0 Å². The van der Waals surface area contributed by atoms with Crippen LogP contribution < -0.4 is 10.1 Å². The second-order valence-corrected chi connectivity index (χ2v) is 5.34. The van der Waals surface area contributed by atoms with Crippen LogP contribution in [0.1, 0.15) is 24.1 Å². The SMILES string of the molecule is CC(Cc1ccccc1)NC1COc2cc(O)ccc21. The van der Waals surface area contributed by atoms with E-state index < -0.39 is 0 Å². The van der Waals surface area contributed by atoms with Gasteiger partial charge in [0.15, 0.2) is 0 Å². The summed E-state index contributed by atoms with van der Waals surface area (Å²) in [6.07, 6.45) is 0.991. The van der Waals surface area contributed by atoms with E-state index in [1.54, 1.807) is 12.1 Å².